The number of nitrogens with zero attached hydrogens (tertiary/aromatic N) is 1. The van der Waals surface area contributed by atoms with Crippen LogP contribution in [0.4, 0.5) is 0 Å². The third-order valence-electron chi connectivity index (χ3n) is 4.03. The summed E-state index contributed by atoms with van der Waals surface area (Å²) in [6, 6.07) is 6.54. The molecular weight excluding hydrogens is 390 g/mol. The standard InChI is InChI=1S/C19H24ClNO5S/c1-3-11-26-19(24)15-12-27-18(13-7-5-6-8-14(13)20)21(15)16(22)9-10-17(23)25-4-2/h5-8,15,18H,3-4,9-12H2,1-2H3. The zero-order chi connectivity index (χ0) is 19.8. The van der Waals surface area contributed by atoms with Crippen molar-refractivity contribution >= 4 is 41.2 Å². The van der Waals surface area contributed by atoms with E-state index in [2.05, 4.69) is 0 Å². The Labute approximate surface area is 168 Å². The van der Waals surface area contributed by atoms with Crippen LogP contribution < -0.4 is 0 Å². The molecule has 2 rings (SSSR count). The van der Waals surface area contributed by atoms with Gasteiger partial charge in [0.15, 0.2) is 0 Å². The van der Waals surface area contributed by atoms with Gasteiger partial charge in [-0.15, -0.1) is 11.8 Å². The number of ether oxygens (including phenoxy) is 2. The van der Waals surface area contributed by atoms with E-state index in [-0.39, 0.29) is 25.4 Å². The fourth-order valence-electron chi connectivity index (χ4n) is 2.78. The molecule has 2 unspecified atom stereocenters. The Morgan fingerprint density at radius 3 is 2.59 bits per heavy atom. The first-order valence-electron chi connectivity index (χ1n) is 8.99. The molecule has 2 atom stereocenters. The first-order chi connectivity index (χ1) is 13.0. The highest BCUT2D eigenvalue weighted by molar-refractivity contribution is 7.99. The summed E-state index contributed by atoms with van der Waals surface area (Å²) >= 11 is 7.78. The van der Waals surface area contributed by atoms with Gasteiger partial charge >= 0.3 is 11.9 Å². The van der Waals surface area contributed by atoms with Crippen LogP contribution in [0.1, 0.15) is 44.0 Å². The molecule has 1 aromatic carbocycles. The second-order valence-corrected chi connectivity index (χ2v) is 7.52. The number of rotatable bonds is 8. The molecule has 6 nitrogen and oxygen atoms in total. The number of carbonyl (C=O) groups excluding carboxylic acids is 3. The molecule has 1 amide bonds. The van der Waals surface area contributed by atoms with Crippen LogP contribution in [-0.2, 0) is 23.9 Å². The van der Waals surface area contributed by atoms with Gasteiger partial charge in [-0.3, -0.25) is 9.59 Å². The van der Waals surface area contributed by atoms with Gasteiger partial charge in [0.1, 0.15) is 11.4 Å². The van der Waals surface area contributed by atoms with E-state index in [1.165, 1.54) is 16.7 Å². The molecular formula is C19H24ClNO5S. The highest BCUT2D eigenvalue weighted by Crippen LogP contribution is 2.44. The SMILES string of the molecule is CCCOC(=O)C1CSC(c2ccccc2Cl)N1C(=O)CCC(=O)OCC. The van der Waals surface area contributed by atoms with Crippen molar-refractivity contribution in [1.29, 1.82) is 0 Å². The number of halogens is 1. The second kappa shape index (κ2) is 10.6. The molecule has 8 heteroatoms. The number of thioether (sulfide) groups is 1. The van der Waals surface area contributed by atoms with Gasteiger partial charge in [-0.2, -0.15) is 0 Å². The summed E-state index contributed by atoms with van der Waals surface area (Å²) in [5.74, 6) is -0.735. The van der Waals surface area contributed by atoms with Crippen LogP contribution in [0, 0.1) is 0 Å². The lowest BCUT2D eigenvalue weighted by molar-refractivity contribution is -0.154. The fraction of sp³-hybridized carbons (Fsp3) is 0.526. The van der Waals surface area contributed by atoms with Crippen molar-refractivity contribution in [3.05, 3.63) is 34.9 Å². The molecule has 1 aromatic rings. The number of benzene rings is 1. The molecule has 0 radical (unpaired) electrons. The summed E-state index contributed by atoms with van der Waals surface area (Å²) in [5.41, 5.74) is 0.763. The Kier molecular flexibility index (Phi) is 8.44. The van der Waals surface area contributed by atoms with E-state index in [1.807, 2.05) is 25.1 Å². The molecule has 1 fully saturated rings. The minimum Gasteiger partial charge on any atom is -0.466 e. The molecule has 0 bridgehead atoms. The Bertz CT molecular complexity index is 684. The Morgan fingerprint density at radius 2 is 1.93 bits per heavy atom. The first kappa shape index (κ1) is 21.6. The van der Waals surface area contributed by atoms with Gasteiger partial charge in [0, 0.05) is 22.8 Å². The van der Waals surface area contributed by atoms with E-state index >= 15 is 0 Å². The van der Waals surface area contributed by atoms with Crippen LogP contribution in [0.2, 0.25) is 5.02 Å². The van der Waals surface area contributed by atoms with Crippen molar-refractivity contribution in [2.75, 3.05) is 19.0 Å². The lowest BCUT2D eigenvalue weighted by atomic mass is 10.1. The van der Waals surface area contributed by atoms with Crippen LogP contribution >= 0.6 is 23.4 Å². The summed E-state index contributed by atoms with van der Waals surface area (Å²) < 4.78 is 10.1. The average Bonchev–Trinajstić information content (AvgIpc) is 3.09. The van der Waals surface area contributed by atoms with Gasteiger partial charge in [0.05, 0.1) is 19.6 Å². The third kappa shape index (κ3) is 5.62. The van der Waals surface area contributed by atoms with E-state index < -0.39 is 23.4 Å². The Balaban J connectivity index is 2.21. The average molecular weight is 414 g/mol. The summed E-state index contributed by atoms with van der Waals surface area (Å²) in [6.45, 7) is 4.19. The van der Waals surface area contributed by atoms with Gasteiger partial charge in [-0.05, 0) is 19.4 Å². The normalized spacial score (nSPS) is 19.0. The molecule has 1 saturated heterocycles. The smallest absolute Gasteiger partial charge is 0.329 e. The van der Waals surface area contributed by atoms with E-state index in [1.54, 1.807) is 13.0 Å². The summed E-state index contributed by atoms with van der Waals surface area (Å²) in [7, 11) is 0. The largest absolute Gasteiger partial charge is 0.466 e. The maximum absolute atomic E-state index is 12.9. The minimum absolute atomic E-state index is 0.0280. The zero-order valence-corrected chi connectivity index (χ0v) is 17.1. The van der Waals surface area contributed by atoms with Crippen molar-refractivity contribution in [3.8, 4) is 0 Å². The van der Waals surface area contributed by atoms with Crippen molar-refractivity contribution in [3.63, 3.8) is 0 Å². The van der Waals surface area contributed by atoms with Gasteiger partial charge in [-0.1, -0.05) is 36.7 Å². The predicted molar refractivity (Wildman–Crippen MR) is 104 cm³/mol. The quantitative estimate of drug-likeness (QED) is 0.606. The maximum Gasteiger partial charge on any atom is 0.329 e. The fourth-order valence-corrected chi connectivity index (χ4v) is 4.55. The van der Waals surface area contributed by atoms with Gasteiger partial charge < -0.3 is 14.4 Å². The van der Waals surface area contributed by atoms with E-state index in [0.717, 1.165) is 5.56 Å². The van der Waals surface area contributed by atoms with E-state index in [4.69, 9.17) is 21.1 Å². The molecule has 1 aliphatic rings. The van der Waals surface area contributed by atoms with Crippen LogP contribution in [0.3, 0.4) is 0 Å². The summed E-state index contributed by atoms with van der Waals surface area (Å²) in [6.07, 6.45) is 0.647. The van der Waals surface area contributed by atoms with Crippen LogP contribution in [0.5, 0.6) is 0 Å². The Hall–Kier alpha value is -1.73. The second-order valence-electron chi connectivity index (χ2n) is 6.00. The van der Waals surface area contributed by atoms with Gasteiger partial charge in [0.2, 0.25) is 5.91 Å². The predicted octanol–water partition coefficient (Wildman–Crippen LogP) is 3.58. The zero-order valence-electron chi connectivity index (χ0n) is 15.5. The minimum atomic E-state index is -0.697. The molecule has 1 heterocycles. The number of carbonyl (C=O) groups is 3. The molecule has 1 aliphatic heterocycles. The van der Waals surface area contributed by atoms with Crippen LogP contribution in [0.25, 0.3) is 0 Å². The first-order valence-corrected chi connectivity index (χ1v) is 10.4. The molecule has 0 aromatic heterocycles. The highest BCUT2D eigenvalue weighted by Gasteiger charge is 2.43. The number of esters is 2. The van der Waals surface area contributed by atoms with E-state index in [0.29, 0.717) is 23.8 Å². The molecule has 27 heavy (non-hydrogen) atoms. The summed E-state index contributed by atoms with van der Waals surface area (Å²) in [5, 5.41) is 0.133. The number of hydrogen-bond acceptors (Lipinski definition) is 6. The number of hydrogen-bond donors (Lipinski definition) is 0. The van der Waals surface area contributed by atoms with Crippen molar-refractivity contribution in [2.24, 2.45) is 0 Å². The van der Waals surface area contributed by atoms with Crippen molar-refractivity contribution < 1.29 is 23.9 Å². The third-order valence-corrected chi connectivity index (χ3v) is 5.68. The summed E-state index contributed by atoms with van der Waals surface area (Å²) in [4.78, 5) is 38.5. The molecule has 0 saturated carbocycles. The van der Waals surface area contributed by atoms with E-state index in [9.17, 15) is 14.4 Å². The maximum atomic E-state index is 12.9. The molecule has 0 aliphatic carbocycles. The van der Waals surface area contributed by atoms with Gasteiger partial charge in [0.25, 0.3) is 0 Å². The van der Waals surface area contributed by atoms with Crippen molar-refractivity contribution in [2.45, 2.75) is 44.5 Å². The van der Waals surface area contributed by atoms with Crippen LogP contribution in [0.15, 0.2) is 24.3 Å². The topological polar surface area (TPSA) is 72.9 Å². The monoisotopic (exact) mass is 413 g/mol. The highest BCUT2D eigenvalue weighted by atomic mass is 35.5. The van der Waals surface area contributed by atoms with Crippen molar-refractivity contribution in [1.82, 2.24) is 4.90 Å². The molecule has 148 valence electrons. The van der Waals surface area contributed by atoms with Crippen LogP contribution in [-0.4, -0.2) is 47.8 Å². The van der Waals surface area contributed by atoms with Gasteiger partial charge in [-0.25, -0.2) is 4.79 Å². The molecule has 0 spiro atoms. The lowest BCUT2D eigenvalue weighted by Crippen LogP contribution is -2.44. The number of amides is 1. The lowest BCUT2D eigenvalue weighted by Gasteiger charge is -2.29. The Morgan fingerprint density at radius 1 is 1.19 bits per heavy atom. The molecule has 0 N–H and O–H groups in total.